The number of nitrogens with zero attached hydrogens (tertiary/aromatic N) is 3. The number of rotatable bonds is 3. The first-order valence-corrected chi connectivity index (χ1v) is 8.60. The maximum Gasteiger partial charge on any atom is 0.233 e. The van der Waals surface area contributed by atoms with Crippen molar-refractivity contribution in [2.45, 2.75) is 44.9 Å². The van der Waals surface area contributed by atoms with Gasteiger partial charge in [-0.05, 0) is 25.2 Å². The van der Waals surface area contributed by atoms with E-state index in [4.69, 9.17) is 0 Å². The van der Waals surface area contributed by atoms with Crippen molar-refractivity contribution in [1.29, 1.82) is 0 Å². The summed E-state index contributed by atoms with van der Waals surface area (Å²) in [4.78, 5) is 26.1. The molecule has 2 aliphatic carbocycles. The summed E-state index contributed by atoms with van der Waals surface area (Å²) in [6.07, 6.45) is 5.84. The quantitative estimate of drug-likeness (QED) is 0.926. The molecule has 6 nitrogen and oxygen atoms in total. The molecule has 2 amide bonds. The first-order chi connectivity index (χ1) is 11.0. The van der Waals surface area contributed by atoms with E-state index in [0.717, 1.165) is 24.5 Å². The van der Waals surface area contributed by atoms with Crippen LogP contribution in [0.25, 0.3) is 0 Å². The highest BCUT2D eigenvalue weighted by Gasteiger charge is 2.65. The highest BCUT2D eigenvalue weighted by molar-refractivity contribution is 5.98. The third kappa shape index (κ3) is 2.35. The molecule has 1 N–H and O–H groups in total. The number of carbonyl (C=O) groups excluding carboxylic acids is 2. The predicted octanol–water partition coefficient (Wildman–Crippen LogP) is 1.88. The summed E-state index contributed by atoms with van der Waals surface area (Å²) in [6.45, 7) is 2.86. The number of hydrogen-bond acceptors (Lipinski definition) is 3. The highest BCUT2D eigenvalue weighted by atomic mass is 16.2. The zero-order valence-electron chi connectivity index (χ0n) is 13.8. The van der Waals surface area contributed by atoms with Crippen LogP contribution in [-0.4, -0.2) is 39.6 Å². The highest BCUT2D eigenvalue weighted by Crippen LogP contribution is 2.58. The Morgan fingerprint density at radius 1 is 1.35 bits per heavy atom. The second-order valence-electron chi connectivity index (χ2n) is 7.47. The molecule has 4 rings (SSSR count). The number of anilines is 1. The summed E-state index contributed by atoms with van der Waals surface area (Å²) in [5, 5.41) is 7.65. The lowest BCUT2D eigenvalue weighted by Crippen LogP contribution is -2.34. The largest absolute Gasteiger partial charge is 0.342 e. The Balaban J connectivity index is 1.46. The van der Waals surface area contributed by atoms with Crippen LogP contribution in [0.3, 0.4) is 0 Å². The molecule has 3 fully saturated rings. The van der Waals surface area contributed by atoms with Crippen molar-refractivity contribution in [2.75, 3.05) is 18.4 Å². The summed E-state index contributed by atoms with van der Waals surface area (Å²) in [5.41, 5.74) is 0.741. The maximum absolute atomic E-state index is 12.7. The van der Waals surface area contributed by atoms with Crippen LogP contribution in [0.1, 0.15) is 50.6 Å². The zero-order valence-corrected chi connectivity index (χ0v) is 13.8. The van der Waals surface area contributed by atoms with Gasteiger partial charge in [-0.15, -0.1) is 0 Å². The second-order valence-corrected chi connectivity index (χ2v) is 7.47. The number of hydrogen-bond donors (Lipinski definition) is 1. The van der Waals surface area contributed by atoms with Crippen LogP contribution in [0.15, 0.2) is 6.07 Å². The molecule has 0 bridgehead atoms. The van der Waals surface area contributed by atoms with Gasteiger partial charge in [0.1, 0.15) is 5.82 Å². The second kappa shape index (κ2) is 5.08. The fourth-order valence-electron chi connectivity index (χ4n) is 4.34. The maximum atomic E-state index is 12.7. The topological polar surface area (TPSA) is 67.2 Å². The molecule has 2 heterocycles. The molecule has 0 radical (unpaired) electrons. The third-order valence-electron chi connectivity index (χ3n) is 5.96. The van der Waals surface area contributed by atoms with Crippen LogP contribution >= 0.6 is 0 Å². The van der Waals surface area contributed by atoms with E-state index in [0.29, 0.717) is 18.4 Å². The van der Waals surface area contributed by atoms with Crippen molar-refractivity contribution in [3.63, 3.8) is 0 Å². The molecule has 6 heteroatoms. The Hall–Kier alpha value is -1.85. The van der Waals surface area contributed by atoms with Gasteiger partial charge in [-0.2, -0.15) is 5.10 Å². The number of amides is 2. The summed E-state index contributed by atoms with van der Waals surface area (Å²) in [6, 6.07) is 2.03. The molecule has 23 heavy (non-hydrogen) atoms. The fraction of sp³-hybridized carbons (Fsp3) is 0.706. The molecular weight excluding hydrogens is 292 g/mol. The van der Waals surface area contributed by atoms with E-state index in [1.54, 1.807) is 16.5 Å². The van der Waals surface area contributed by atoms with Crippen molar-refractivity contribution in [2.24, 2.45) is 18.4 Å². The van der Waals surface area contributed by atoms with E-state index in [1.807, 2.05) is 13.1 Å². The number of likely N-dealkylation sites (tertiary alicyclic amines) is 1. The van der Waals surface area contributed by atoms with Crippen molar-refractivity contribution in [3.05, 3.63) is 11.8 Å². The number of fused-ring (bicyclic) bond motifs is 1. The van der Waals surface area contributed by atoms with Crippen LogP contribution in [0.2, 0.25) is 0 Å². The van der Waals surface area contributed by atoms with Crippen LogP contribution in [0, 0.1) is 11.3 Å². The lowest BCUT2D eigenvalue weighted by molar-refractivity contribution is -0.129. The first-order valence-electron chi connectivity index (χ1n) is 8.60. The molecule has 0 aromatic carbocycles. The van der Waals surface area contributed by atoms with Crippen molar-refractivity contribution < 1.29 is 9.59 Å². The molecule has 1 aromatic rings. The smallest absolute Gasteiger partial charge is 0.233 e. The van der Waals surface area contributed by atoms with Crippen molar-refractivity contribution in [3.8, 4) is 0 Å². The van der Waals surface area contributed by atoms with Gasteiger partial charge >= 0.3 is 0 Å². The minimum atomic E-state index is -0.358. The number of piperidine rings is 1. The van der Waals surface area contributed by atoms with Gasteiger partial charge in [0.25, 0.3) is 0 Å². The van der Waals surface area contributed by atoms with Gasteiger partial charge < -0.3 is 10.2 Å². The predicted molar refractivity (Wildman–Crippen MR) is 85.8 cm³/mol. The number of nitrogens with one attached hydrogen (secondary N) is 1. The van der Waals surface area contributed by atoms with Crippen molar-refractivity contribution >= 4 is 17.6 Å². The average molecular weight is 316 g/mol. The van der Waals surface area contributed by atoms with Gasteiger partial charge in [-0.25, -0.2) is 0 Å². The standard InChI is InChI=1S/C17H24N4O2/c1-11(22)21-9-13-8-17(13,10-21)16(23)18-15-7-14(19-20(15)2)12-5-3-4-6-12/h7,12-13H,3-6,8-10H2,1-2H3,(H,18,23). The minimum Gasteiger partial charge on any atom is -0.342 e. The summed E-state index contributed by atoms with van der Waals surface area (Å²) >= 11 is 0. The van der Waals surface area contributed by atoms with E-state index in [-0.39, 0.29) is 17.2 Å². The summed E-state index contributed by atoms with van der Waals surface area (Å²) < 4.78 is 1.78. The fourth-order valence-corrected chi connectivity index (χ4v) is 4.34. The molecule has 2 saturated carbocycles. The molecule has 2 unspecified atom stereocenters. The molecule has 1 aromatic heterocycles. The average Bonchev–Trinajstić information content (AvgIpc) is 2.97. The minimum absolute atomic E-state index is 0.0484. The Kier molecular flexibility index (Phi) is 3.25. The molecule has 1 aliphatic heterocycles. The third-order valence-corrected chi connectivity index (χ3v) is 5.96. The monoisotopic (exact) mass is 316 g/mol. The normalized spacial score (nSPS) is 29.7. The Bertz CT molecular complexity index is 662. The Labute approximate surface area is 136 Å². The summed E-state index contributed by atoms with van der Waals surface area (Å²) in [7, 11) is 1.88. The molecule has 0 spiro atoms. The van der Waals surface area contributed by atoms with Gasteiger partial charge in [0.05, 0.1) is 11.1 Å². The van der Waals surface area contributed by atoms with Crippen LogP contribution in [-0.2, 0) is 16.6 Å². The van der Waals surface area contributed by atoms with E-state index in [9.17, 15) is 9.59 Å². The van der Waals surface area contributed by atoms with E-state index in [1.165, 1.54) is 25.7 Å². The van der Waals surface area contributed by atoms with Gasteiger partial charge in [-0.1, -0.05) is 12.8 Å². The molecule has 124 valence electrons. The van der Waals surface area contributed by atoms with Crippen LogP contribution in [0.4, 0.5) is 5.82 Å². The van der Waals surface area contributed by atoms with Gasteiger partial charge in [0.15, 0.2) is 0 Å². The Morgan fingerprint density at radius 2 is 2.09 bits per heavy atom. The molecule has 2 atom stereocenters. The van der Waals surface area contributed by atoms with Crippen LogP contribution in [0.5, 0.6) is 0 Å². The van der Waals surface area contributed by atoms with Crippen LogP contribution < -0.4 is 5.32 Å². The first kappa shape index (κ1) is 14.7. The molecular formula is C17H24N4O2. The number of carbonyl (C=O) groups is 2. The zero-order chi connectivity index (χ0) is 16.2. The molecule has 1 saturated heterocycles. The molecule has 3 aliphatic rings. The number of aryl methyl sites for hydroxylation is 1. The summed E-state index contributed by atoms with van der Waals surface area (Å²) in [5.74, 6) is 1.76. The lowest BCUT2D eigenvalue weighted by Gasteiger charge is -2.19. The lowest BCUT2D eigenvalue weighted by atomic mass is 10.0. The number of aromatic nitrogens is 2. The SMILES string of the molecule is CC(=O)N1CC2CC2(C(=O)Nc2cc(C3CCCC3)nn2C)C1. The van der Waals surface area contributed by atoms with E-state index < -0.39 is 0 Å². The van der Waals surface area contributed by atoms with E-state index in [2.05, 4.69) is 10.4 Å². The van der Waals surface area contributed by atoms with E-state index >= 15 is 0 Å². The Morgan fingerprint density at radius 3 is 2.74 bits per heavy atom. The van der Waals surface area contributed by atoms with Gasteiger partial charge in [0, 0.05) is 39.0 Å². The van der Waals surface area contributed by atoms with Crippen molar-refractivity contribution in [1.82, 2.24) is 14.7 Å². The van der Waals surface area contributed by atoms with Gasteiger partial charge in [0.2, 0.25) is 11.8 Å². The van der Waals surface area contributed by atoms with Gasteiger partial charge in [-0.3, -0.25) is 14.3 Å².